The van der Waals surface area contributed by atoms with E-state index in [4.69, 9.17) is 11.5 Å². The van der Waals surface area contributed by atoms with Crippen LogP contribution in [0.4, 0.5) is 10.5 Å². The Labute approximate surface area is 110 Å². The van der Waals surface area contributed by atoms with Crippen molar-refractivity contribution in [3.05, 3.63) is 17.2 Å². The zero-order chi connectivity index (χ0) is 14.6. The number of carbonyl (C=O) groups is 1. The van der Waals surface area contributed by atoms with Gasteiger partial charge in [-0.3, -0.25) is 0 Å². The predicted octanol–water partition coefficient (Wildman–Crippen LogP) is 1.03. The second-order valence-electron chi connectivity index (χ2n) is 3.93. The summed E-state index contributed by atoms with van der Waals surface area (Å²) >= 11 is 0. The highest BCUT2D eigenvalue weighted by molar-refractivity contribution is 5.99. The zero-order valence-electron chi connectivity index (χ0n) is 10.9. The van der Waals surface area contributed by atoms with Gasteiger partial charge in [0.25, 0.3) is 0 Å². The third kappa shape index (κ3) is 3.27. The summed E-state index contributed by atoms with van der Waals surface area (Å²) in [7, 11) is 0. The minimum Gasteiger partial charge on any atom is -0.504 e. The molecule has 0 saturated carbocycles. The first-order valence-electron chi connectivity index (χ1n) is 5.87. The SMILES string of the molecule is CCc1cc(O)c(O)c(CC)c1NC(=O)N=C(N)N. The molecule has 7 N–H and O–H groups in total. The number of aryl methyl sites for hydroxylation is 1. The van der Waals surface area contributed by atoms with Crippen LogP contribution in [0.1, 0.15) is 25.0 Å². The fourth-order valence-electron chi connectivity index (χ4n) is 1.80. The second kappa shape index (κ2) is 5.94. The van der Waals surface area contributed by atoms with Gasteiger partial charge in [0.1, 0.15) is 0 Å². The summed E-state index contributed by atoms with van der Waals surface area (Å²) in [4.78, 5) is 14.9. The fourth-order valence-corrected chi connectivity index (χ4v) is 1.80. The van der Waals surface area contributed by atoms with Crippen LogP contribution in [0.25, 0.3) is 0 Å². The van der Waals surface area contributed by atoms with Gasteiger partial charge in [-0.05, 0) is 24.5 Å². The second-order valence-corrected chi connectivity index (χ2v) is 3.93. The first kappa shape index (κ1) is 14.6. The van der Waals surface area contributed by atoms with Gasteiger partial charge in [-0.15, -0.1) is 0 Å². The molecular weight excluding hydrogens is 248 g/mol. The number of carbonyl (C=O) groups excluding carboxylic acids is 1. The number of hydrogen-bond acceptors (Lipinski definition) is 3. The van der Waals surface area contributed by atoms with Crippen LogP contribution in [-0.4, -0.2) is 22.2 Å². The molecule has 1 rings (SSSR count). The number of amides is 2. The normalized spacial score (nSPS) is 10.0. The van der Waals surface area contributed by atoms with Crippen LogP contribution in [-0.2, 0) is 12.8 Å². The number of nitrogens with two attached hydrogens (primary N) is 2. The number of aromatic hydroxyl groups is 2. The Kier molecular flexibility index (Phi) is 4.57. The maximum atomic E-state index is 11.6. The van der Waals surface area contributed by atoms with E-state index in [-0.39, 0.29) is 17.5 Å². The van der Waals surface area contributed by atoms with Gasteiger partial charge in [-0.1, -0.05) is 13.8 Å². The summed E-state index contributed by atoms with van der Waals surface area (Å²) in [5, 5.41) is 21.9. The van der Waals surface area contributed by atoms with Gasteiger partial charge in [-0.25, -0.2) is 4.79 Å². The van der Waals surface area contributed by atoms with Gasteiger partial charge in [0.2, 0.25) is 0 Å². The van der Waals surface area contributed by atoms with E-state index in [1.54, 1.807) is 6.92 Å². The Morgan fingerprint density at radius 1 is 1.32 bits per heavy atom. The third-order valence-electron chi connectivity index (χ3n) is 2.66. The molecule has 0 bridgehead atoms. The predicted molar refractivity (Wildman–Crippen MR) is 73.4 cm³/mol. The third-order valence-corrected chi connectivity index (χ3v) is 2.66. The zero-order valence-corrected chi connectivity index (χ0v) is 10.9. The van der Waals surface area contributed by atoms with Gasteiger partial charge < -0.3 is 27.0 Å². The number of anilines is 1. The van der Waals surface area contributed by atoms with Crippen molar-refractivity contribution in [3.8, 4) is 11.5 Å². The van der Waals surface area contributed by atoms with Crippen LogP contribution in [0, 0.1) is 0 Å². The lowest BCUT2D eigenvalue weighted by atomic mass is 10.0. The van der Waals surface area contributed by atoms with Gasteiger partial charge in [0.05, 0.1) is 5.69 Å². The number of aliphatic imine (C=N–C) groups is 1. The molecule has 0 aromatic heterocycles. The molecule has 0 radical (unpaired) electrons. The van der Waals surface area contributed by atoms with Crippen molar-refractivity contribution in [2.24, 2.45) is 16.5 Å². The highest BCUT2D eigenvalue weighted by atomic mass is 16.3. The summed E-state index contributed by atoms with van der Waals surface area (Å²) in [5.74, 6) is -0.815. The molecule has 0 fully saturated rings. The lowest BCUT2D eigenvalue weighted by Gasteiger charge is -2.15. The van der Waals surface area contributed by atoms with Crippen LogP contribution in [0.5, 0.6) is 11.5 Å². The van der Waals surface area contributed by atoms with Gasteiger partial charge in [-0.2, -0.15) is 4.99 Å². The van der Waals surface area contributed by atoms with E-state index < -0.39 is 6.03 Å². The average Bonchev–Trinajstić information content (AvgIpc) is 2.33. The van der Waals surface area contributed by atoms with E-state index >= 15 is 0 Å². The van der Waals surface area contributed by atoms with Gasteiger partial charge in [0.15, 0.2) is 17.5 Å². The molecular formula is C12H18N4O3. The molecule has 0 aliphatic rings. The van der Waals surface area contributed by atoms with Gasteiger partial charge in [0, 0.05) is 5.56 Å². The first-order chi connectivity index (χ1) is 8.90. The lowest BCUT2D eigenvalue weighted by Crippen LogP contribution is -2.25. The topological polar surface area (TPSA) is 134 Å². The minimum absolute atomic E-state index is 0.214. The van der Waals surface area contributed by atoms with Crippen LogP contribution in [0.3, 0.4) is 0 Å². The Hall–Kier alpha value is -2.44. The van der Waals surface area contributed by atoms with E-state index in [0.29, 0.717) is 29.7 Å². The summed E-state index contributed by atoms with van der Waals surface area (Å²) in [5.41, 5.74) is 11.8. The summed E-state index contributed by atoms with van der Waals surface area (Å²) < 4.78 is 0. The van der Waals surface area contributed by atoms with E-state index in [1.807, 2.05) is 6.92 Å². The molecule has 7 heteroatoms. The monoisotopic (exact) mass is 266 g/mol. The Morgan fingerprint density at radius 3 is 2.42 bits per heavy atom. The standard InChI is InChI=1S/C12H18N4O3/c1-3-6-5-8(17)10(18)7(4-2)9(6)15-12(19)16-11(13)14/h5,17-18H,3-4H2,1-2H3,(H5,13,14,15,16,19). The summed E-state index contributed by atoms with van der Waals surface area (Å²) in [6.45, 7) is 3.66. The van der Waals surface area contributed by atoms with E-state index in [1.165, 1.54) is 6.07 Å². The molecule has 1 aromatic carbocycles. The van der Waals surface area contributed by atoms with Crippen LogP contribution < -0.4 is 16.8 Å². The number of benzene rings is 1. The van der Waals surface area contributed by atoms with Crippen molar-refractivity contribution < 1.29 is 15.0 Å². The highest BCUT2D eigenvalue weighted by Crippen LogP contribution is 2.38. The Bertz CT molecular complexity index is 522. The molecule has 0 atom stereocenters. The van der Waals surface area contributed by atoms with E-state index in [0.717, 1.165) is 0 Å². The Balaban J connectivity index is 3.28. The molecule has 7 nitrogen and oxygen atoms in total. The first-order valence-corrected chi connectivity index (χ1v) is 5.87. The number of rotatable bonds is 3. The molecule has 0 heterocycles. The van der Waals surface area contributed by atoms with Gasteiger partial charge >= 0.3 is 6.03 Å². The number of hydrogen-bond donors (Lipinski definition) is 5. The largest absolute Gasteiger partial charge is 0.504 e. The molecule has 19 heavy (non-hydrogen) atoms. The number of guanidine groups is 1. The number of urea groups is 1. The highest BCUT2D eigenvalue weighted by Gasteiger charge is 2.17. The molecule has 2 amide bonds. The average molecular weight is 266 g/mol. The molecule has 0 spiro atoms. The fraction of sp³-hybridized carbons (Fsp3) is 0.333. The van der Waals surface area contributed by atoms with E-state index in [9.17, 15) is 15.0 Å². The lowest BCUT2D eigenvalue weighted by molar-refractivity contribution is 0.259. The quantitative estimate of drug-likeness (QED) is 0.241. The van der Waals surface area contributed by atoms with Crippen molar-refractivity contribution >= 4 is 17.7 Å². The molecule has 0 aliphatic heterocycles. The maximum Gasteiger partial charge on any atom is 0.348 e. The van der Waals surface area contributed by atoms with E-state index in [2.05, 4.69) is 10.3 Å². The van der Waals surface area contributed by atoms with Crippen LogP contribution in [0.15, 0.2) is 11.1 Å². The molecule has 1 aromatic rings. The maximum absolute atomic E-state index is 11.6. The van der Waals surface area contributed by atoms with Crippen LogP contribution in [0.2, 0.25) is 0 Å². The molecule has 104 valence electrons. The van der Waals surface area contributed by atoms with Crippen LogP contribution >= 0.6 is 0 Å². The van der Waals surface area contributed by atoms with Crippen molar-refractivity contribution in [3.63, 3.8) is 0 Å². The van der Waals surface area contributed by atoms with Crippen molar-refractivity contribution in [2.45, 2.75) is 26.7 Å². The molecule has 0 saturated heterocycles. The number of nitrogens with zero attached hydrogens (tertiary/aromatic N) is 1. The number of phenolic OH excluding ortho intramolecular Hbond substituents is 2. The van der Waals surface area contributed by atoms with Crippen molar-refractivity contribution in [2.75, 3.05) is 5.32 Å². The molecule has 0 aliphatic carbocycles. The minimum atomic E-state index is -0.727. The number of phenols is 2. The smallest absolute Gasteiger partial charge is 0.348 e. The summed E-state index contributed by atoms with van der Waals surface area (Å²) in [6.07, 6.45) is 1.00. The molecule has 0 unspecified atom stereocenters. The summed E-state index contributed by atoms with van der Waals surface area (Å²) in [6, 6.07) is 0.675. The van der Waals surface area contributed by atoms with Crippen molar-refractivity contribution in [1.29, 1.82) is 0 Å². The number of nitrogens with one attached hydrogen (secondary N) is 1. The van der Waals surface area contributed by atoms with Crippen molar-refractivity contribution in [1.82, 2.24) is 0 Å². The Morgan fingerprint density at radius 2 is 1.95 bits per heavy atom.